The van der Waals surface area contributed by atoms with E-state index >= 15 is 0 Å². The summed E-state index contributed by atoms with van der Waals surface area (Å²) in [6.07, 6.45) is 6.82. The van der Waals surface area contributed by atoms with E-state index in [0.717, 1.165) is 50.1 Å². The largest absolute Gasteiger partial charge is 0.356 e. The first-order valence-electron chi connectivity index (χ1n) is 10.3. The fraction of sp³-hybridized carbons (Fsp3) is 0.500. The van der Waals surface area contributed by atoms with Crippen LogP contribution in [0.15, 0.2) is 36.7 Å². The average Bonchev–Trinajstić information content (AvgIpc) is 3.15. The molecular weight excluding hydrogens is 366 g/mol. The number of rotatable bonds is 7. The van der Waals surface area contributed by atoms with Crippen molar-refractivity contribution in [3.05, 3.63) is 47.8 Å². The number of carbonyl (C=O) groups excluding carboxylic acids is 2. The number of hydrogen-bond acceptors (Lipinski definition) is 4. The average molecular weight is 398 g/mol. The van der Waals surface area contributed by atoms with Crippen LogP contribution in [0.4, 0.5) is 0 Å². The lowest BCUT2D eigenvalue weighted by molar-refractivity contribution is -0.119. The predicted octanol–water partition coefficient (Wildman–Crippen LogP) is 2.31. The zero-order chi connectivity index (χ0) is 20.8. The van der Waals surface area contributed by atoms with Gasteiger partial charge in [0.1, 0.15) is 0 Å². The van der Waals surface area contributed by atoms with E-state index in [1.165, 1.54) is 6.92 Å². The molecule has 2 amide bonds. The van der Waals surface area contributed by atoms with Crippen LogP contribution in [0.3, 0.4) is 0 Å². The summed E-state index contributed by atoms with van der Waals surface area (Å²) in [5.41, 5.74) is 2.59. The monoisotopic (exact) mass is 397 g/mol. The summed E-state index contributed by atoms with van der Waals surface area (Å²) in [6.45, 7) is 4.51. The van der Waals surface area contributed by atoms with E-state index in [1.807, 2.05) is 55.7 Å². The lowest BCUT2D eigenvalue weighted by Crippen LogP contribution is -2.41. The van der Waals surface area contributed by atoms with Crippen LogP contribution in [0.25, 0.3) is 5.69 Å². The maximum absolute atomic E-state index is 13.3. The minimum absolute atomic E-state index is 0.00414. The van der Waals surface area contributed by atoms with Gasteiger partial charge in [-0.2, -0.15) is 5.10 Å². The van der Waals surface area contributed by atoms with Gasteiger partial charge in [-0.25, -0.2) is 4.68 Å². The lowest BCUT2D eigenvalue weighted by Gasteiger charge is -2.33. The molecule has 7 nitrogen and oxygen atoms in total. The number of aromatic nitrogens is 2. The first kappa shape index (κ1) is 21.0. The van der Waals surface area contributed by atoms with E-state index in [1.54, 1.807) is 4.68 Å². The Kier molecular flexibility index (Phi) is 7.04. The van der Waals surface area contributed by atoms with Gasteiger partial charge in [-0.1, -0.05) is 12.1 Å². The molecule has 1 saturated heterocycles. The van der Waals surface area contributed by atoms with Crippen LogP contribution in [0.2, 0.25) is 0 Å². The topological polar surface area (TPSA) is 70.5 Å². The van der Waals surface area contributed by atoms with Gasteiger partial charge in [-0.05, 0) is 51.4 Å². The number of para-hydroxylation sites is 1. The van der Waals surface area contributed by atoms with Crippen molar-refractivity contribution in [3.63, 3.8) is 0 Å². The van der Waals surface area contributed by atoms with Gasteiger partial charge in [-0.3, -0.25) is 9.59 Å². The summed E-state index contributed by atoms with van der Waals surface area (Å²) in [7, 11) is 4.04. The number of carbonyl (C=O) groups is 2. The number of likely N-dealkylation sites (tertiary alicyclic amines) is 1. The van der Waals surface area contributed by atoms with Gasteiger partial charge in [0, 0.05) is 44.9 Å². The van der Waals surface area contributed by atoms with Crippen LogP contribution >= 0.6 is 0 Å². The molecule has 0 spiro atoms. The van der Waals surface area contributed by atoms with Crippen molar-refractivity contribution in [2.45, 2.75) is 32.7 Å². The van der Waals surface area contributed by atoms with Gasteiger partial charge in [0.2, 0.25) is 5.91 Å². The minimum Gasteiger partial charge on any atom is -0.356 e. The van der Waals surface area contributed by atoms with E-state index in [0.29, 0.717) is 18.0 Å². The van der Waals surface area contributed by atoms with Crippen molar-refractivity contribution in [3.8, 4) is 5.69 Å². The van der Waals surface area contributed by atoms with Crippen LogP contribution in [0.1, 0.15) is 42.1 Å². The molecule has 1 fully saturated rings. The number of benzene rings is 1. The molecule has 2 aromatic rings. The zero-order valence-electron chi connectivity index (χ0n) is 17.6. The number of piperidine rings is 1. The number of nitrogens with zero attached hydrogens (tertiary/aromatic N) is 4. The molecule has 1 aliphatic rings. The lowest BCUT2D eigenvalue weighted by atomic mass is 9.94. The Hall–Kier alpha value is -2.67. The summed E-state index contributed by atoms with van der Waals surface area (Å²) < 4.78 is 1.80. The molecule has 156 valence electrons. The Morgan fingerprint density at radius 1 is 1.28 bits per heavy atom. The highest BCUT2D eigenvalue weighted by Crippen LogP contribution is 2.23. The minimum atomic E-state index is -0.00414. The third-order valence-electron chi connectivity index (χ3n) is 5.25. The Morgan fingerprint density at radius 3 is 2.83 bits per heavy atom. The zero-order valence-corrected chi connectivity index (χ0v) is 17.6. The number of amides is 2. The van der Waals surface area contributed by atoms with Crippen molar-refractivity contribution >= 4 is 11.8 Å². The van der Waals surface area contributed by atoms with Gasteiger partial charge in [0.25, 0.3) is 5.91 Å². The van der Waals surface area contributed by atoms with Crippen LogP contribution < -0.4 is 5.32 Å². The first-order chi connectivity index (χ1) is 13.9. The van der Waals surface area contributed by atoms with Gasteiger partial charge in [0.15, 0.2) is 0 Å². The highest BCUT2D eigenvalue weighted by Gasteiger charge is 2.26. The molecular formula is C22H31N5O2. The normalized spacial score (nSPS) is 16.8. The molecule has 1 aromatic carbocycles. The van der Waals surface area contributed by atoms with Crippen LogP contribution in [-0.2, 0) is 11.3 Å². The number of hydrogen-bond donors (Lipinski definition) is 1. The van der Waals surface area contributed by atoms with Crippen LogP contribution in [0.5, 0.6) is 0 Å². The van der Waals surface area contributed by atoms with E-state index in [9.17, 15) is 9.59 Å². The molecule has 3 rings (SSSR count). The van der Waals surface area contributed by atoms with E-state index < -0.39 is 0 Å². The van der Waals surface area contributed by atoms with E-state index in [2.05, 4.69) is 15.3 Å². The molecule has 2 heterocycles. The Balaban J connectivity index is 1.72. The molecule has 1 atom stereocenters. The van der Waals surface area contributed by atoms with Crippen LogP contribution in [-0.4, -0.2) is 65.1 Å². The van der Waals surface area contributed by atoms with Gasteiger partial charge >= 0.3 is 0 Å². The SMILES string of the molecule is CC(=O)NCC[C@H]1CCCN(C(=O)c2ccccc2-n2cc(CN(C)C)cn2)C1. The maximum atomic E-state index is 13.3. The summed E-state index contributed by atoms with van der Waals surface area (Å²) in [5.74, 6) is 0.466. The van der Waals surface area contributed by atoms with Crippen molar-refractivity contribution in [1.82, 2.24) is 24.9 Å². The smallest absolute Gasteiger partial charge is 0.256 e. The van der Waals surface area contributed by atoms with Crippen molar-refractivity contribution in [2.75, 3.05) is 33.7 Å². The standard InChI is InChI=1S/C22H31N5O2/c1-17(28)23-11-10-18-7-6-12-26(15-18)22(29)20-8-4-5-9-21(20)27-16-19(13-24-27)14-25(2)3/h4-5,8-9,13,16,18H,6-7,10-12,14-15H2,1-3H3,(H,23,28)/t18-/m1/s1. The molecule has 1 aliphatic heterocycles. The van der Waals surface area contributed by atoms with E-state index in [4.69, 9.17) is 0 Å². The van der Waals surface area contributed by atoms with Crippen molar-refractivity contribution in [1.29, 1.82) is 0 Å². The molecule has 0 aliphatic carbocycles. The maximum Gasteiger partial charge on any atom is 0.256 e. The summed E-state index contributed by atoms with van der Waals surface area (Å²) >= 11 is 0. The van der Waals surface area contributed by atoms with Crippen molar-refractivity contribution < 1.29 is 9.59 Å². The molecule has 29 heavy (non-hydrogen) atoms. The van der Waals surface area contributed by atoms with Crippen LogP contribution in [0, 0.1) is 5.92 Å². The summed E-state index contributed by atoms with van der Waals surface area (Å²) in [4.78, 5) is 28.4. The predicted molar refractivity (Wildman–Crippen MR) is 113 cm³/mol. The molecule has 1 aromatic heterocycles. The molecule has 1 N–H and O–H groups in total. The fourth-order valence-electron chi connectivity index (χ4n) is 3.90. The van der Waals surface area contributed by atoms with Gasteiger partial charge < -0.3 is 15.1 Å². The molecule has 0 bridgehead atoms. The first-order valence-corrected chi connectivity index (χ1v) is 10.3. The van der Waals surface area contributed by atoms with Crippen molar-refractivity contribution in [2.24, 2.45) is 5.92 Å². The van der Waals surface area contributed by atoms with Gasteiger partial charge in [-0.15, -0.1) is 0 Å². The summed E-state index contributed by atoms with van der Waals surface area (Å²) in [5, 5.41) is 7.34. The number of nitrogens with one attached hydrogen (secondary N) is 1. The fourth-order valence-corrected chi connectivity index (χ4v) is 3.90. The second kappa shape index (κ2) is 9.69. The highest BCUT2D eigenvalue weighted by atomic mass is 16.2. The molecule has 7 heteroatoms. The quantitative estimate of drug-likeness (QED) is 0.778. The molecule has 0 radical (unpaired) electrons. The Bertz CT molecular complexity index is 845. The second-order valence-corrected chi connectivity index (χ2v) is 8.08. The Labute approximate surface area is 172 Å². The second-order valence-electron chi connectivity index (χ2n) is 8.08. The third kappa shape index (κ3) is 5.67. The Morgan fingerprint density at radius 2 is 2.07 bits per heavy atom. The van der Waals surface area contributed by atoms with E-state index in [-0.39, 0.29) is 11.8 Å². The summed E-state index contributed by atoms with van der Waals surface area (Å²) in [6, 6.07) is 7.66. The molecule has 0 saturated carbocycles. The third-order valence-corrected chi connectivity index (χ3v) is 5.25. The highest BCUT2D eigenvalue weighted by molar-refractivity contribution is 5.97. The van der Waals surface area contributed by atoms with Gasteiger partial charge in [0.05, 0.1) is 17.4 Å². The molecule has 0 unspecified atom stereocenters.